The highest BCUT2D eigenvalue weighted by molar-refractivity contribution is 6.03. The van der Waals surface area contributed by atoms with E-state index in [-0.39, 0.29) is 5.91 Å². The maximum Gasteiger partial charge on any atom is 0.274 e. The second kappa shape index (κ2) is 6.83. The minimum Gasteiger partial charge on any atom is -0.370 e. The van der Waals surface area contributed by atoms with Crippen molar-refractivity contribution < 1.29 is 4.79 Å². The summed E-state index contributed by atoms with van der Waals surface area (Å²) in [5, 5.41) is 6.01. The normalized spacial score (nSPS) is 10.2. The van der Waals surface area contributed by atoms with Gasteiger partial charge in [0.05, 0.1) is 0 Å². The number of aromatic nitrogens is 2. The highest BCUT2D eigenvalue weighted by Gasteiger charge is 2.09. The third kappa shape index (κ3) is 4.27. The summed E-state index contributed by atoms with van der Waals surface area (Å²) in [7, 11) is 0. The van der Waals surface area contributed by atoms with Gasteiger partial charge in [-0.2, -0.15) is 0 Å². The van der Waals surface area contributed by atoms with Crippen molar-refractivity contribution >= 4 is 17.4 Å². The second-order valence-corrected chi connectivity index (χ2v) is 5.05. The molecule has 1 aromatic heterocycles. The van der Waals surface area contributed by atoms with Gasteiger partial charge in [-0.3, -0.25) is 4.79 Å². The van der Waals surface area contributed by atoms with Crippen molar-refractivity contribution in [1.29, 1.82) is 0 Å². The number of hydrogen-bond donors (Lipinski definition) is 2. The van der Waals surface area contributed by atoms with Gasteiger partial charge < -0.3 is 10.6 Å². The highest BCUT2D eigenvalue weighted by Crippen LogP contribution is 2.15. The minimum absolute atomic E-state index is 0.234. The van der Waals surface area contributed by atoms with Crippen LogP contribution in [0.3, 0.4) is 0 Å². The minimum atomic E-state index is -0.234. The zero-order valence-corrected chi connectivity index (χ0v) is 12.6. The van der Waals surface area contributed by atoms with Crippen LogP contribution in [0.2, 0.25) is 0 Å². The molecule has 21 heavy (non-hydrogen) atoms. The summed E-state index contributed by atoms with van der Waals surface area (Å²) < 4.78 is 0. The SMILES string of the molecule is CCCNc1cc(C(=O)Nc2cc(C)cc(C)c2)ncn1. The van der Waals surface area contributed by atoms with E-state index in [1.807, 2.05) is 26.0 Å². The van der Waals surface area contributed by atoms with Crippen molar-refractivity contribution in [3.63, 3.8) is 0 Å². The van der Waals surface area contributed by atoms with Gasteiger partial charge in [0.2, 0.25) is 0 Å². The molecule has 1 amide bonds. The molecule has 0 atom stereocenters. The lowest BCUT2D eigenvalue weighted by Gasteiger charge is -2.08. The number of nitrogens with one attached hydrogen (secondary N) is 2. The molecular formula is C16H20N4O. The second-order valence-electron chi connectivity index (χ2n) is 5.05. The number of hydrogen-bond acceptors (Lipinski definition) is 4. The van der Waals surface area contributed by atoms with Crippen molar-refractivity contribution in [2.75, 3.05) is 17.2 Å². The molecule has 1 heterocycles. The molecule has 0 spiro atoms. The van der Waals surface area contributed by atoms with Crippen LogP contribution in [-0.2, 0) is 0 Å². The van der Waals surface area contributed by atoms with Gasteiger partial charge in [0.25, 0.3) is 5.91 Å². The fourth-order valence-corrected chi connectivity index (χ4v) is 2.07. The number of carbonyl (C=O) groups excluding carboxylic acids is 1. The molecule has 2 rings (SSSR count). The Morgan fingerprint density at radius 3 is 2.48 bits per heavy atom. The largest absolute Gasteiger partial charge is 0.370 e. The Bertz CT molecular complexity index is 620. The first-order valence-electron chi connectivity index (χ1n) is 7.04. The quantitative estimate of drug-likeness (QED) is 0.885. The van der Waals surface area contributed by atoms with Crippen molar-refractivity contribution in [3.8, 4) is 0 Å². The van der Waals surface area contributed by atoms with Crippen LogP contribution in [0.1, 0.15) is 35.0 Å². The number of aryl methyl sites for hydroxylation is 2. The molecule has 110 valence electrons. The molecule has 2 aromatic rings. The van der Waals surface area contributed by atoms with E-state index in [1.165, 1.54) is 6.33 Å². The third-order valence-electron chi connectivity index (χ3n) is 2.94. The van der Waals surface area contributed by atoms with Crippen LogP contribution in [-0.4, -0.2) is 22.4 Å². The molecule has 0 aliphatic rings. The molecule has 2 N–H and O–H groups in total. The van der Waals surface area contributed by atoms with Gasteiger partial charge in [0, 0.05) is 18.3 Å². The molecule has 0 saturated heterocycles. The number of nitrogens with zero attached hydrogens (tertiary/aromatic N) is 2. The fraction of sp³-hybridized carbons (Fsp3) is 0.312. The number of benzene rings is 1. The number of carbonyl (C=O) groups is 1. The van der Waals surface area contributed by atoms with Crippen LogP contribution in [0.5, 0.6) is 0 Å². The maximum absolute atomic E-state index is 12.2. The molecule has 0 fully saturated rings. The van der Waals surface area contributed by atoms with Crippen LogP contribution in [0.4, 0.5) is 11.5 Å². The summed E-state index contributed by atoms with van der Waals surface area (Å²) in [5.74, 6) is 0.430. The Morgan fingerprint density at radius 1 is 1.10 bits per heavy atom. The van der Waals surface area contributed by atoms with Crippen molar-refractivity contribution in [1.82, 2.24) is 9.97 Å². The lowest BCUT2D eigenvalue weighted by molar-refractivity contribution is 0.102. The molecule has 0 bridgehead atoms. The van der Waals surface area contributed by atoms with Gasteiger partial charge in [0.1, 0.15) is 17.8 Å². The van der Waals surface area contributed by atoms with E-state index in [0.717, 1.165) is 29.8 Å². The van der Waals surface area contributed by atoms with Crippen LogP contribution < -0.4 is 10.6 Å². The summed E-state index contributed by atoms with van der Waals surface area (Å²) in [6.45, 7) is 6.89. The Balaban J connectivity index is 2.12. The van der Waals surface area contributed by atoms with Gasteiger partial charge in [-0.1, -0.05) is 13.0 Å². The molecule has 5 heteroatoms. The molecule has 0 aliphatic heterocycles. The predicted molar refractivity (Wildman–Crippen MR) is 84.7 cm³/mol. The van der Waals surface area contributed by atoms with Crippen molar-refractivity contribution in [2.24, 2.45) is 0 Å². The van der Waals surface area contributed by atoms with E-state index >= 15 is 0 Å². The Kier molecular flexibility index (Phi) is 4.87. The molecule has 0 radical (unpaired) electrons. The van der Waals surface area contributed by atoms with Crippen LogP contribution in [0.25, 0.3) is 0 Å². The summed E-state index contributed by atoms with van der Waals surface area (Å²) in [5.41, 5.74) is 3.35. The first-order valence-corrected chi connectivity index (χ1v) is 7.04. The van der Waals surface area contributed by atoms with Crippen LogP contribution >= 0.6 is 0 Å². The zero-order chi connectivity index (χ0) is 15.2. The summed E-state index contributed by atoms with van der Waals surface area (Å²) in [6.07, 6.45) is 2.39. The lowest BCUT2D eigenvalue weighted by atomic mass is 10.1. The standard InChI is InChI=1S/C16H20N4O/c1-4-5-17-15-9-14(18-10-19-15)16(21)20-13-7-11(2)6-12(3)8-13/h6-10H,4-5H2,1-3H3,(H,20,21)(H,17,18,19). The van der Waals surface area contributed by atoms with Gasteiger partial charge in [-0.05, 0) is 43.5 Å². The van der Waals surface area contributed by atoms with E-state index in [4.69, 9.17) is 0 Å². The zero-order valence-electron chi connectivity index (χ0n) is 12.6. The van der Waals surface area contributed by atoms with Crippen LogP contribution in [0, 0.1) is 13.8 Å². The van der Waals surface area contributed by atoms with Crippen molar-refractivity contribution in [3.05, 3.63) is 47.4 Å². The van der Waals surface area contributed by atoms with Crippen LogP contribution in [0.15, 0.2) is 30.6 Å². The maximum atomic E-state index is 12.2. The first-order chi connectivity index (χ1) is 10.1. The fourth-order valence-electron chi connectivity index (χ4n) is 2.07. The smallest absolute Gasteiger partial charge is 0.274 e. The van der Waals surface area contributed by atoms with Crippen molar-refractivity contribution in [2.45, 2.75) is 27.2 Å². The molecule has 0 saturated carbocycles. The Labute approximate surface area is 124 Å². The Hall–Kier alpha value is -2.43. The first kappa shape index (κ1) is 15.0. The van der Waals surface area contributed by atoms with Gasteiger partial charge in [0.15, 0.2) is 0 Å². The van der Waals surface area contributed by atoms with E-state index in [2.05, 4.69) is 33.6 Å². The van der Waals surface area contributed by atoms with Gasteiger partial charge >= 0.3 is 0 Å². The number of amides is 1. The van der Waals surface area contributed by atoms with Gasteiger partial charge in [-0.25, -0.2) is 9.97 Å². The van der Waals surface area contributed by atoms with Gasteiger partial charge in [-0.15, -0.1) is 0 Å². The Morgan fingerprint density at radius 2 is 1.81 bits per heavy atom. The third-order valence-corrected chi connectivity index (χ3v) is 2.94. The predicted octanol–water partition coefficient (Wildman–Crippen LogP) is 3.17. The topological polar surface area (TPSA) is 66.9 Å². The molecular weight excluding hydrogens is 264 g/mol. The average molecular weight is 284 g/mol. The molecule has 1 aromatic carbocycles. The number of anilines is 2. The summed E-state index contributed by atoms with van der Waals surface area (Å²) >= 11 is 0. The highest BCUT2D eigenvalue weighted by atomic mass is 16.1. The number of rotatable bonds is 5. The van der Waals surface area contributed by atoms with E-state index in [9.17, 15) is 4.79 Å². The summed E-state index contributed by atoms with van der Waals surface area (Å²) in [4.78, 5) is 20.4. The van der Waals surface area contributed by atoms with E-state index < -0.39 is 0 Å². The monoisotopic (exact) mass is 284 g/mol. The molecule has 5 nitrogen and oxygen atoms in total. The van der Waals surface area contributed by atoms with E-state index in [1.54, 1.807) is 6.07 Å². The lowest BCUT2D eigenvalue weighted by Crippen LogP contribution is -2.15. The average Bonchev–Trinajstić information content (AvgIpc) is 2.44. The van der Waals surface area contributed by atoms with E-state index in [0.29, 0.717) is 11.5 Å². The molecule has 0 aliphatic carbocycles. The molecule has 0 unspecified atom stereocenters. The summed E-state index contributed by atoms with van der Waals surface area (Å²) in [6, 6.07) is 7.59.